The number of alkyl halides is 3. The van der Waals surface area contributed by atoms with E-state index in [1.807, 2.05) is 6.07 Å². The lowest BCUT2D eigenvalue weighted by molar-refractivity contribution is -0.157. The van der Waals surface area contributed by atoms with E-state index in [2.05, 4.69) is 18.8 Å². The number of unbranched alkanes of at least 4 members (excludes halogenated alkanes) is 8. The number of carboxylic acids is 1. The molecule has 220 valence electrons. The van der Waals surface area contributed by atoms with Crippen molar-refractivity contribution in [3.05, 3.63) is 71.0 Å². The van der Waals surface area contributed by atoms with E-state index in [1.165, 1.54) is 55.6 Å². The van der Waals surface area contributed by atoms with Crippen LogP contribution in [0.1, 0.15) is 106 Å². The smallest absolute Gasteiger partial charge is 0.416 e. The van der Waals surface area contributed by atoms with Gasteiger partial charge in [0.1, 0.15) is 11.8 Å². The van der Waals surface area contributed by atoms with Crippen LogP contribution in [0.4, 0.5) is 13.2 Å². The molecule has 1 amide bonds. The van der Waals surface area contributed by atoms with E-state index in [4.69, 9.17) is 4.42 Å². The Morgan fingerprint density at radius 2 is 1.61 bits per heavy atom. The highest BCUT2D eigenvalue weighted by atomic mass is 19.4. The highest BCUT2D eigenvalue weighted by molar-refractivity contribution is 6.31. The molecule has 0 bridgehead atoms. The monoisotopic (exact) mass is 569 g/mol. The summed E-state index contributed by atoms with van der Waals surface area (Å²) in [6.07, 6.45) is 8.03. The molecule has 0 radical (unpaired) electrons. The summed E-state index contributed by atoms with van der Waals surface area (Å²) in [7, 11) is 0. The molecular weight excluding hydrogens is 531 g/mol. The predicted octanol–water partition coefficient (Wildman–Crippen LogP) is 8.90. The Kier molecular flexibility index (Phi) is 11.9. The lowest BCUT2D eigenvalue weighted by atomic mass is 9.99. The number of fused-ring (bicyclic) bond motifs is 1. The Morgan fingerprint density at radius 3 is 2.22 bits per heavy atom. The van der Waals surface area contributed by atoms with E-state index < -0.39 is 29.7 Å². The van der Waals surface area contributed by atoms with Crippen LogP contribution in [-0.4, -0.2) is 21.9 Å². The molecule has 1 heterocycles. The molecule has 0 saturated heterocycles. The highest BCUT2D eigenvalue weighted by Crippen LogP contribution is 2.33. The number of hydrogen-bond acceptors (Lipinski definition) is 3. The molecule has 3 rings (SSSR count). The summed E-state index contributed by atoms with van der Waals surface area (Å²) in [6, 6.07) is 9.04. The first-order valence-corrected chi connectivity index (χ1v) is 14.4. The van der Waals surface area contributed by atoms with Crippen LogP contribution >= 0.6 is 0 Å². The van der Waals surface area contributed by atoms with Crippen molar-refractivity contribution < 1.29 is 32.3 Å². The molecule has 3 aromatic rings. The summed E-state index contributed by atoms with van der Waals surface area (Å²) in [6.45, 7) is 3.92. The minimum atomic E-state index is -4.49. The van der Waals surface area contributed by atoms with Gasteiger partial charge in [0.15, 0.2) is 0 Å². The summed E-state index contributed by atoms with van der Waals surface area (Å²) in [5.74, 6) is 3.63. The van der Waals surface area contributed by atoms with Crippen molar-refractivity contribution in [2.24, 2.45) is 0 Å². The number of halogens is 3. The number of carbonyl (C=O) groups is 2. The van der Waals surface area contributed by atoms with Crippen LogP contribution in [0.25, 0.3) is 11.0 Å². The number of carboxylic acid groups (broad SMARTS) is 1. The van der Waals surface area contributed by atoms with E-state index in [0.29, 0.717) is 28.7 Å². The number of nitrogens with zero attached hydrogens (tertiary/aromatic N) is 1. The van der Waals surface area contributed by atoms with Crippen molar-refractivity contribution in [3.8, 4) is 11.8 Å². The van der Waals surface area contributed by atoms with Gasteiger partial charge in [0.2, 0.25) is 0 Å². The van der Waals surface area contributed by atoms with E-state index in [-0.39, 0.29) is 6.54 Å². The Labute approximate surface area is 239 Å². The molecule has 2 aromatic carbocycles. The maximum Gasteiger partial charge on any atom is 0.416 e. The third-order valence-electron chi connectivity index (χ3n) is 7.20. The maximum atomic E-state index is 13.1. The Balaban J connectivity index is 1.73. The first-order valence-electron chi connectivity index (χ1n) is 14.4. The lowest BCUT2D eigenvalue weighted by Gasteiger charge is -2.30. The van der Waals surface area contributed by atoms with E-state index in [9.17, 15) is 27.9 Å². The summed E-state index contributed by atoms with van der Waals surface area (Å²) in [5, 5.41) is 10.3. The number of rotatable bonds is 13. The van der Waals surface area contributed by atoms with Crippen LogP contribution in [0.5, 0.6) is 0 Å². The second-order valence-electron chi connectivity index (χ2n) is 10.3. The minimum absolute atomic E-state index is 0.0447. The molecule has 0 saturated carbocycles. The fourth-order valence-electron chi connectivity index (χ4n) is 4.95. The highest BCUT2D eigenvalue weighted by Gasteiger charge is 2.32. The standard InChI is InChI=1S/C33H38F3NO4/c1-3-5-6-7-8-9-10-11-12-13-14-26-23-41-30-20-15-24(21-28(26)30)22-37(31(38)32(39)40)29(4-2)25-16-18-27(19-17-25)33(34,35)36/h15-21,23,29H,3-12,22H2,1-2H3,(H,39,40). The second kappa shape index (κ2) is 15.3. The van der Waals surface area contributed by atoms with Gasteiger partial charge >= 0.3 is 18.1 Å². The number of aliphatic carboxylic acids is 1. The zero-order valence-corrected chi connectivity index (χ0v) is 23.7. The number of hydrogen-bond donors (Lipinski definition) is 1. The number of benzene rings is 2. The van der Waals surface area contributed by atoms with Gasteiger partial charge in [-0.3, -0.25) is 4.79 Å². The topological polar surface area (TPSA) is 70.8 Å². The summed E-state index contributed by atoms with van der Waals surface area (Å²) in [4.78, 5) is 25.6. The summed E-state index contributed by atoms with van der Waals surface area (Å²) in [5.41, 5.74) is 1.61. The van der Waals surface area contributed by atoms with E-state index in [1.54, 1.807) is 25.3 Å². The molecule has 41 heavy (non-hydrogen) atoms. The molecule has 1 N–H and O–H groups in total. The number of carbonyl (C=O) groups excluding carboxylic acids is 1. The van der Waals surface area contributed by atoms with Gasteiger partial charge in [0, 0.05) is 18.4 Å². The quantitative estimate of drug-likeness (QED) is 0.127. The number of furan rings is 1. The molecule has 1 atom stereocenters. The minimum Gasteiger partial charge on any atom is -0.474 e. The van der Waals surface area contributed by atoms with Gasteiger partial charge in [-0.1, -0.05) is 88.8 Å². The third kappa shape index (κ3) is 9.14. The molecule has 1 unspecified atom stereocenters. The molecule has 0 spiro atoms. The zero-order chi connectivity index (χ0) is 29.8. The van der Waals surface area contributed by atoms with Crippen LogP contribution in [0.2, 0.25) is 0 Å². The van der Waals surface area contributed by atoms with Gasteiger partial charge in [-0.05, 0) is 48.2 Å². The van der Waals surface area contributed by atoms with Gasteiger partial charge in [0.25, 0.3) is 0 Å². The molecule has 5 nitrogen and oxygen atoms in total. The SMILES string of the molecule is CCCCCCCCCCC#Cc1coc2ccc(CN(C(=O)C(=O)O)C(CC)c3ccc(C(F)(F)F)cc3)cc12. The van der Waals surface area contributed by atoms with Crippen molar-refractivity contribution in [2.75, 3.05) is 0 Å². The average molecular weight is 570 g/mol. The van der Waals surface area contributed by atoms with Crippen LogP contribution < -0.4 is 0 Å². The zero-order valence-electron chi connectivity index (χ0n) is 23.7. The van der Waals surface area contributed by atoms with Crippen molar-refractivity contribution in [1.82, 2.24) is 4.90 Å². The summed E-state index contributed by atoms with van der Waals surface area (Å²) >= 11 is 0. The molecule has 8 heteroatoms. The first kappa shape index (κ1) is 31.8. The fraction of sp³-hybridized carbons (Fsp3) is 0.455. The van der Waals surface area contributed by atoms with Gasteiger partial charge in [-0.15, -0.1) is 0 Å². The Morgan fingerprint density at radius 1 is 0.951 bits per heavy atom. The van der Waals surface area contributed by atoms with E-state index >= 15 is 0 Å². The average Bonchev–Trinajstić information content (AvgIpc) is 3.35. The van der Waals surface area contributed by atoms with Crippen LogP contribution in [0.3, 0.4) is 0 Å². The molecule has 0 aliphatic rings. The molecule has 0 aliphatic carbocycles. The van der Waals surface area contributed by atoms with Gasteiger partial charge in [0.05, 0.1) is 17.2 Å². The van der Waals surface area contributed by atoms with Crippen LogP contribution in [-0.2, 0) is 22.3 Å². The Hall–Kier alpha value is -3.73. The number of amides is 1. The third-order valence-corrected chi connectivity index (χ3v) is 7.20. The molecule has 0 fully saturated rings. The Bertz CT molecular complexity index is 1350. The molecule has 0 aliphatic heterocycles. The summed E-state index contributed by atoms with van der Waals surface area (Å²) < 4.78 is 44.8. The normalized spacial score (nSPS) is 12.1. The maximum absolute atomic E-state index is 13.1. The first-order chi connectivity index (χ1) is 19.7. The van der Waals surface area contributed by atoms with Crippen molar-refractivity contribution in [2.45, 2.75) is 96.8 Å². The van der Waals surface area contributed by atoms with Crippen molar-refractivity contribution in [1.29, 1.82) is 0 Å². The van der Waals surface area contributed by atoms with Gasteiger partial charge < -0.3 is 14.4 Å². The lowest BCUT2D eigenvalue weighted by Crippen LogP contribution is -2.38. The van der Waals surface area contributed by atoms with Gasteiger partial charge in [-0.25, -0.2) is 4.79 Å². The van der Waals surface area contributed by atoms with E-state index in [0.717, 1.165) is 36.8 Å². The molecular formula is C33H38F3NO4. The second-order valence-corrected chi connectivity index (χ2v) is 10.3. The fourth-order valence-corrected chi connectivity index (χ4v) is 4.95. The van der Waals surface area contributed by atoms with Crippen molar-refractivity contribution in [3.63, 3.8) is 0 Å². The van der Waals surface area contributed by atoms with Crippen LogP contribution in [0, 0.1) is 11.8 Å². The molecule has 1 aromatic heterocycles. The van der Waals surface area contributed by atoms with Crippen molar-refractivity contribution >= 4 is 22.8 Å². The van der Waals surface area contributed by atoms with Gasteiger partial charge in [-0.2, -0.15) is 13.2 Å². The van der Waals surface area contributed by atoms with Crippen LogP contribution in [0.15, 0.2) is 53.1 Å². The predicted molar refractivity (Wildman–Crippen MR) is 153 cm³/mol. The largest absolute Gasteiger partial charge is 0.474 e.